The molecule has 9 heteroatoms. The van der Waals surface area contributed by atoms with Crippen LogP contribution in [-0.4, -0.2) is 24.2 Å². The third kappa shape index (κ3) is 4.10. The average Bonchev–Trinajstić information content (AvgIpc) is 2.61. The quantitative estimate of drug-likeness (QED) is 0.410. The number of rotatable bonds is 5. The lowest BCUT2D eigenvalue weighted by Crippen LogP contribution is -2.27. The van der Waals surface area contributed by atoms with E-state index >= 15 is 0 Å². The van der Waals surface area contributed by atoms with Gasteiger partial charge in [0.05, 0.1) is 17.1 Å². The van der Waals surface area contributed by atoms with Crippen LogP contribution in [0, 0.1) is 19.5 Å². The fourth-order valence-electron chi connectivity index (χ4n) is 2.65. The van der Waals surface area contributed by atoms with Crippen molar-refractivity contribution < 1.29 is 23.6 Å². The number of amides is 1. The molecule has 0 aromatic heterocycles. The zero-order valence-corrected chi connectivity index (χ0v) is 15.6. The highest BCUT2D eigenvalue weighted by molar-refractivity contribution is 14.1. The largest absolute Gasteiger partial charge is 0.467 e. The Morgan fingerprint density at radius 2 is 2.15 bits per heavy atom. The van der Waals surface area contributed by atoms with Gasteiger partial charge < -0.3 is 14.8 Å². The number of ether oxygens (including phenoxy) is 2. The molecular weight excluding hydrogens is 458 g/mol. The summed E-state index contributed by atoms with van der Waals surface area (Å²) in [6, 6.07) is 6.83. The molecule has 1 aliphatic heterocycles. The Kier molecular flexibility index (Phi) is 5.67. The zero-order chi connectivity index (χ0) is 18.7. The van der Waals surface area contributed by atoms with Crippen molar-refractivity contribution in [2.75, 3.05) is 13.3 Å². The van der Waals surface area contributed by atoms with Crippen LogP contribution >= 0.6 is 22.6 Å². The van der Waals surface area contributed by atoms with E-state index in [9.17, 15) is 19.3 Å². The maximum Gasteiger partial charge on any atom is 0.270 e. The Hall–Kier alpha value is -2.27. The van der Waals surface area contributed by atoms with Gasteiger partial charge >= 0.3 is 0 Å². The van der Waals surface area contributed by atoms with Crippen LogP contribution in [0.3, 0.4) is 0 Å². The fourth-order valence-corrected chi connectivity index (χ4v) is 3.23. The van der Waals surface area contributed by atoms with Crippen molar-refractivity contribution in [3.05, 3.63) is 66.5 Å². The normalized spacial score (nSPS) is 12.8. The van der Waals surface area contributed by atoms with Crippen molar-refractivity contribution in [1.82, 2.24) is 5.32 Å². The first-order valence-corrected chi connectivity index (χ1v) is 8.77. The molecule has 1 aliphatic rings. The van der Waals surface area contributed by atoms with E-state index in [0.29, 0.717) is 26.9 Å². The van der Waals surface area contributed by atoms with Crippen LogP contribution in [-0.2, 0) is 17.8 Å². The molecule has 0 spiro atoms. The number of hydrogen-bond acceptors (Lipinski definition) is 5. The molecule has 0 saturated carbocycles. The topological polar surface area (TPSA) is 90.7 Å². The predicted octanol–water partition coefficient (Wildman–Crippen LogP) is 3.18. The number of benzene rings is 2. The second-order valence-electron chi connectivity index (χ2n) is 5.59. The third-order valence-corrected chi connectivity index (χ3v) is 4.78. The zero-order valence-electron chi connectivity index (χ0n) is 13.5. The molecule has 0 bridgehead atoms. The minimum absolute atomic E-state index is 0.101. The van der Waals surface area contributed by atoms with Gasteiger partial charge in [-0.05, 0) is 52.8 Å². The number of halogens is 2. The highest BCUT2D eigenvalue weighted by Gasteiger charge is 2.18. The van der Waals surface area contributed by atoms with Gasteiger partial charge in [0.25, 0.3) is 11.6 Å². The Bertz CT molecular complexity index is 874. The Morgan fingerprint density at radius 1 is 1.35 bits per heavy atom. The molecule has 0 aliphatic carbocycles. The first-order valence-electron chi connectivity index (χ1n) is 7.69. The van der Waals surface area contributed by atoms with Gasteiger partial charge in [-0.1, -0.05) is 0 Å². The maximum atomic E-state index is 13.7. The molecule has 3 rings (SSSR count). The molecule has 0 unspecified atom stereocenters. The molecule has 0 atom stereocenters. The summed E-state index contributed by atoms with van der Waals surface area (Å²) < 4.78 is 24.9. The van der Waals surface area contributed by atoms with Gasteiger partial charge in [-0.15, -0.1) is 0 Å². The van der Waals surface area contributed by atoms with Crippen molar-refractivity contribution >= 4 is 34.2 Å². The van der Waals surface area contributed by atoms with Gasteiger partial charge in [-0.2, -0.15) is 0 Å². The molecule has 1 N–H and O–H groups in total. The van der Waals surface area contributed by atoms with Crippen LogP contribution in [0.2, 0.25) is 0 Å². The van der Waals surface area contributed by atoms with E-state index in [1.165, 1.54) is 30.3 Å². The van der Waals surface area contributed by atoms with Crippen molar-refractivity contribution in [1.29, 1.82) is 0 Å². The second-order valence-corrected chi connectivity index (χ2v) is 6.75. The van der Waals surface area contributed by atoms with Crippen molar-refractivity contribution in [2.24, 2.45) is 0 Å². The van der Waals surface area contributed by atoms with Crippen LogP contribution in [0.25, 0.3) is 0 Å². The van der Waals surface area contributed by atoms with Gasteiger partial charge in [0.2, 0.25) is 0 Å². The van der Waals surface area contributed by atoms with E-state index in [-0.39, 0.29) is 31.2 Å². The lowest BCUT2D eigenvalue weighted by atomic mass is 10.1. The molecule has 7 nitrogen and oxygen atoms in total. The molecule has 136 valence electrons. The molecule has 0 radical (unpaired) electrons. The third-order valence-electron chi connectivity index (χ3n) is 3.84. The number of nitrogens with one attached hydrogen (secondary N) is 1. The summed E-state index contributed by atoms with van der Waals surface area (Å²) in [5.74, 6) is -0.239. The van der Waals surface area contributed by atoms with Crippen molar-refractivity contribution in [3.8, 4) is 5.75 Å². The summed E-state index contributed by atoms with van der Waals surface area (Å²) in [5.41, 5.74) is 1.34. The van der Waals surface area contributed by atoms with Gasteiger partial charge in [0.15, 0.2) is 6.79 Å². The van der Waals surface area contributed by atoms with E-state index in [4.69, 9.17) is 9.47 Å². The number of nitrogens with zero attached hydrogens (tertiary/aromatic N) is 1. The predicted molar refractivity (Wildman–Crippen MR) is 98.5 cm³/mol. The SMILES string of the molecule is O=C(NCCc1cc(F)cc2c1OCOC2)c1cc([N+](=O)[O-])ccc1I. The summed E-state index contributed by atoms with van der Waals surface area (Å²) >= 11 is 1.94. The number of hydrogen-bond donors (Lipinski definition) is 1. The van der Waals surface area contributed by atoms with Crippen LogP contribution in [0.4, 0.5) is 10.1 Å². The number of carbonyl (C=O) groups is 1. The van der Waals surface area contributed by atoms with E-state index in [0.717, 1.165) is 0 Å². The summed E-state index contributed by atoms with van der Waals surface area (Å²) in [4.78, 5) is 22.6. The summed E-state index contributed by atoms with van der Waals surface area (Å²) in [6.45, 7) is 0.611. The fraction of sp³-hybridized carbons (Fsp3) is 0.235. The van der Waals surface area contributed by atoms with E-state index in [1.807, 2.05) is 22.6 Å². The number of nitro benzene ring substituents is 1. The highest BCUT2D eigenvalue weighted by atomic mass is 127. The van der Waals surface area contributed by atoms with Crippen LogP contribution in [0.1, 0.15) is 21.5 Å². The number of carbonyl (C=O) groups excluding carboxylic acids is 1. The molecule has 1 heterocycles. The van der Waals surface area contributed by atoms with Crippen LogP contribution < -0.4 is 10.1 Å². The lowest BCUT2D eigenvalue weighted by molar-refractivity contribution is -0.384. The van der Waals surface area contributed by atoms with Crippen molar-refractivity contribution in [3.63, 3.8) is 0 Å². The molecule has 0 fully saturated rings. The lowest BCUT2D eigenvalue weighted by Gasteiger charge is -2.21. The molecular formula is C17H14FIN2O5. The number of nitro groups is 1. The van der Waals surface area contributed by atoms with Crippen LogP contribution in [0.15, 0.2) is 30.3 Å². The summed E-state index contributed by atoms with van der Waals surface area (Å²) in [7, 11) is 0. The summed E-state index contributed by atoms with van der Waals surface area (Å²) in [6.07, 6.45) is 0.358. The Balaban J connectivity index is 1.69. The minimum atomic E-state index is -0.550. The van der Waals surface area contributed by atoms with Gasteiger partial charge in [-0.25, -0.2) is 4.39 Å². The second kappa shape index (κ2) is 7.96. The monoisotopic (exact) mass is 472 g/mol. The Labute approximate surface area is 161 Å². The van der Waals surface area contributed by atoms with Gasteiger partial charge in [0, 0.05) is 27.8 Å². The number of non-ortho nitro benzene ring substituents is 1. The molecule has 2 aromatic carbocycles. The molecule has 1 amide bonds. The molecule has 0 saturated heterocycles. The standard InChI is InChI=1S/C17H14FIN2O5/c18-12-5-10(16-11(6-12)8-25-9-26-16)3-4-20-17(22)14-7-13(21(23)24)1-2-15(14)19/h1-2,5-7H,3-4,8-9H2,(H,20,22). The smallest absolute Gasteiger partial charge is 0.270 e. The number of fused-ring (bicyclic) bond motifs is 1. The first kappa shape index (κ1) is 18.5. The summed E-state index contributed by atoms with van der Waals surface area (Å²) in [5, 5.41) is 13.6. The van der Waals surface area contributed by atoms with Crippen molar-refractivity contribution in [2.45, 2.75) is 13.0 Å². The van der Waals surface area contributed by atoms with E-state index in [2.05, 4.69) is 5.32 Å². The highest BCUT2D eigenvalue weighted by Crippen LogP contribution is 2.29. The average molecular weight is 472 g/mol. The van der Waals surface area contributed by atoms with E-state index in [1.54, 1.807) is 0 Å². The minimum Gasteiger partial charge on any atom is -0.467 e. The van der Waals surface area contributed by atoms with E-state index < -0.39 is 16.6 Å². The first-order chi connectivity index (χ1) is 12.5. The van der Waals surface area contributed by atoms with Gasteiger partial charge in [-0.3, -0.25) is 14.9 Å². The van der Waals surface area contributed by atoms with Crippen LogP contribution in [0.5, 0.6) is 5.75 Å². The molecule has 26 heavy (non-hydrogen) atoms. The van der Waals surface area contributed by atoms with Gasteiger partial charge in [0.1, 0.15) is 11.6 Å². The Morgan fingerprint density at radius 3 is 2.92 bits per heavy atom. The molecule has 2 aromatic rings. The maximum absolute atomic E-state index is 13.7.